The lowest BCUT2D eigenvalue weighted by atomic mass is 10.0. The molecule has 0 aliphatic carbocycles. The molecule has 0 aromatic heterocycles. The largest absolute Gasteiger partial charge is 0.472 e. The first-order valence-corrected chi connectivity index (χ1v) is 36.9. The molecule has 0 aliphatic heterocycles. The van der Waals surface area contributed by atoms with E-state index in [1.807, 2.05) is 0 Å². The molecule has 0 fully saturated rings. The molecule has 0 radical (unpaired) electrons. The number of ether oxygens (including phenoxy) is 2. The maximum absolute atomic E-state index is 12.8. The normalized spacial score (nSPS) is 13.3. The van der Waals surface area contributed by atoms with Gasteiger partial charge >= 0.3 is 19.8 Å². The van der Waals surface area contributed by atoms with Gasteiger partial charge in [0.05, 0.1) is 13.2 Å². The minimum Gasteiger partial charge on any atom is -0.462 e. The van der Waals surface area contributed by atoms with Gasteiger partial charge in [-0.05, 0) is 83.5 Å². The molecule has 0 amide bonds. The van der Waals surface area contributed by atoms with Crippen LogP contribution in [-0.4, -0.2) is 49.3 Å². The number of hydrogen-bond donors (Lipinski definition) is 2. The van der Waals surface area contributed by atoms with Crippen molar-refractivity contribution < 1.29 is 37.6 Å². The molecule has 83 heavy (non-hydrogen) atoms. The van der Waals surface area contributed by atoms with Gasteiger partial charge in [-0.2, -0.15) is 0 Å². The number of hydrogen-bond acceptors (Lipinski definition) is 8. The Labute approximate surface area is 513 Å². The van der Waals surface area contributed by atoms with E-state index in [-0.39, 0.29) is 38.6 Å². The molecular formula is C73H134NO8P. The van der Waals surface area contributed by atoms with Crippen molar-refractivity contribution in [3.63, 3.8) is 0 Å². The summed E-state index contributed by atoms with van der Waals surface area (Å²) in [7, 11) is -4.39. The van der Waals surface area contributed by atoms with Crippen molar-refractivity contribution in [3.05, 3.63) is 72.9 Å². The molecule has 0 rings (SSSR count). The average molecular weight is 1180 g/mol. The fourth-order valence-electron chi connectivity index (χ4n) is 10.4. The first-order chi connectivity index (χ1) is 40.8. The van der Waals surface area contributed by atoms with E-state index in [1.54, 1.807) is 0 Å². The molecule has 10 heteroatoms. The topological polar surface area (TPSA) is 134 Å². The highest BCUT2D eigenvalue weighted by molar-refractivity contribution is 7.47. The molecule has 0 bridgehead atoms. The molecule has 0 spiro atoms. The number of allylic oxidation sites excluding steroid dienone is 12. The van der Waals surface area contributed by atoms with Crippen molar-refractivity contribution in [3.8, 4) is 0 Å². The summed E-state index contributed by atoms with van der Waals surface area (Å²) in [5.74, 6) is -0.813. The number of phosphoric ester groups is 1. The highest BCUT2D eigenvalue weighted by Gasteiger charge is 2.26. The zero-order chi connectivity index (χ0) is 60.1. The van der Waals surface area contributed by atoms with Gasteiger partial charge in [0.15, 0.2) is 6.10 Å². The van der Waals surface area contributed by atoms with E-state index in [2.05, 4.69) is 86.8 Å². The SMILES string of the molecule is CC/C=C\C/C=C\C/C=C\C/C=C\CCCCCCCCCCCCCCCCC(=O)OC(COC(=O)CCCCCCCCCCCCCCCCCCCCCCCCC/C=C\C/C=C\CCCCCCC)COP(=O)(O)OCCN. The molecule has 484 valence electrons. The van der Waals surface area contributed by atoms with Crippen LogP contribution in [0.3, 0.4) is 0 Å². The quantitative estimate of drug-likeness (QED) is 0.0264. The summed E-state index contributed by atoms with van der Waals surface area (Å²) < 4.78 is 33.2. The number of carbonyl (C=O) groups is 2. The van der Waals surface area contributed by atoms with Crippen LogP contribution in [0, 0.1) is 0 Å². The Hall–Kier alpha value is -2.55. The van der Waals surface area contributed by atoms with Crippen LogP contribution in [0.2, 0.25) is 0 Å². The summed E-state index contributed by atoms with van der Waals surface area (Å²) in [6.07, 6.45) is 90.0. The van der Waals surface area contributed by atoms with Gasteiger partial charge in [0.1, 0.15) is 6.61 Å². The van der Waals surface area contributed by atoms with Crippen LogP contribution in [0.4, 0.5) is 0 Å². The molecule has 0 aromatic rings. The maximum Gasteiger partial charge on any atom is 0.472 e. The second kappa shape index (κ2) is 68.6. The van der Waals surface area contributed by atoms with Gasteiger partial charge in [-0.15, -0.1) is 0 Å². The number of esters is 2. The van der Waals surface area contributed by atoms with Crippen LogP contribution in [0.1, 0.15) is 348 Å². The predicted molar refractivity (Wildman–Crippen MR) is 358 cm³/mol. The second-order valence-corrected chi connectivity index (χ2v) is 25.2. The van der Waals surface area contributed by atoms with Gasteiger partial charge in [-0.3, -0.25) is 18.6 Å². The third kappa shape index (κ3) is 68.4. The van der Waals surface area contributed by atoms with E-state index in [1.165, 1.54) is 244 Å². The zero-order valence-electron chi connectivity index (χ0n) is 54.4. The van der Waals surface area contributed by atoms with Gasteiger partial charge < -0.3 is 20.1 Å². The molecule has 0 heterocycles. The van der Waals surface area contributed by atoms with Gasteiger partial charge in [0.25, 0.3) is 0 Å². The minimum absolute atomic E-state index is 0.0532. The van der Waals surface area contributed by atoms with Crippen molar-refractivity contribution in [1.82, 2.24) is 0 Å². The summed E-state index contributed by atoms with van der Waals surface area (Å²) in [6, 6.07) is 0. The van der Waals surface area contributed by atoms with Gasteiger partial charge in [0.2, 0.25) is 0 Å². The van der Waals surface area contributed by atoms with E-state index in [0.717, 1.165) is 70.6 Å². The van der Waals surface area contributed by atoms with Crippen molar-refractivity contribution in [2.75, 3.05) is 26.4 Å². The smallest absolute Gasteiger partial charge is 0.462 e. The Kier molecular flexibility index (Phi) is 66.5. The fraction of sp³-hybridized carbons (Fsp3) is 0.808. The lowest BCUT2D eigenvalue weighted by molar-refractivity contribution is -0.161. The summed E-state index contributed by atoms with van der Waals surface area (Å²) >= 11 is 0. The molecule has 0 aromatic carbocycles. The third-order valence-electron chi connectivity index (χ3n) is 15.6. The first-order valence-electron chi connectivity index (χ1n) is 35.4. The Balaban J connectivity index is 3.82. The summed E-state index contributed by atoms with van der Waals surface area (Å²) in [6.45, 7) is 3.67. The van der Waals surface area contributed by atoms with E-state index in [0.29, 0.717) is 6.42 Å². The third-order valence-corrected chi connectivity index (χ3v) is 16.6. The molecule has 2 atom stereocenters. The number of nitrogens with two attached hydrogens (primary N) is 1. The molecular weight excluding hydrogens is 1050 g/mol. The van der Waals surface area contributed by atoms with Crippen LogP contribution in [0.15, 0.2) is 72.9 Å². The standard InChI is InChI=1S/C73H134NO8P/c1-3-5-7-9-11-13-15-17-19-21-23-25-27-29-31-32-33-34-35-36-37-38-40-41-43-45-47-49-51-53-55-57-59-61-63-65-72(75)79-69-71(70-81-83(77,78)80-68-67-74)82-73(76)66-64-62-60-58-56-54-52-50-48-46-44-42-39-30-28-26-24-22-20-18-16-14-12-10-8-6-4-2/h6,8,12,14-15,17-18,20-21,23-24,26,71H,3-5,7,9-11,13,16,19,22,25,27-70,74H2,1-2H3,(H,77,78)/b8-6-,14-12-,17-15-,20-18-,23-21-,26-24-. The van der Waals surface area contributed by atoms with Crippen LogP contribution < -0.4 is 5.73 Å². The van der Waals surface area contributed by atoms with E-state index in [4.69, 9.17) is 24.3 Å². The minimum atomic E-state index is -4.39. The number of unbranched alkanes of at least 4 members (excludes halogenated alkanes) is 42. The highest BCUT2D eigenvalue weighted by Crippen LogP contribution is 2.43. The van der Waals surface area contributed by atoms with Crippen molar-refractivity contribution in [1.29, 1.82) is 0 Å². The second-order valence-electron chi connectivity index (χ2n) is 23.7. The summed E-state index contributed by atoms with van der Waals surface area (Å²) in [5.41, 5.74) is 5.40. The van der Waals surface area contributed by atoms with Gasteiger partial charge in [-0.25, -0.2) is 4.57 Å². The molecule has 2 unspecified atom stereocenters. The van der Waals surface area contributed by atoms with Crippen molar-refractivity contribution in [2.24, 2.45) is 5.73 Å². The first kappa shape index (κ1) is 80.5. The van der Waals surface area contributed by atoms with Crippen molar-refractivity contribution in [2.45, 2.75) is 354 Å². The van der Waals surface area contributed by atoms with Crippen molar-refractivity contribution >= 4 is 19.8 Å². The Morgan fingerprint density at radius 3 is 0.988 bits per heavy atom. The lowest BCUT2D eigenvalue weighted by Crippen LogP contribution is -2.29. The predicted octanol–water partition coefficient (Wildman–Crippen LogP) is 23.2. The Morgan fingerprint density at radius 1 is 0.373 bits per heavy atom. The fourth-order valence-corrected chi connectivity index (χ4v) is 11.1. The Morgan fingerprint density at radius 2 is 0.663 bits per heavy atom. The monoisotopic (exact) mass is 1180 g/mol. The van der Waals surface area contributed by atoms with E-state index >= 15 is 0 Å². The maximum atomic E-state index is 12.8. The van der Waals surface area contributed by atoms with Crippen LogP contribution >= 0.6 is 7.82 Å². The molecule has 0 saturated heterocycles. The van der Waals surface area contributed by atoms with E-state index in [9.17, 15) is 19.0 Å². The zero-order valence-corrected chi connectivity index (χ0v) is 55.3. The number of phosphoric acid groups is 1. The average Bonchev–Trinajstić information content (AvgIpc) is 3.48. The Bertz CT molecular complexity index is 1590. The lowest BCUT2D eigenvalue weighted by Gasteiger charge is -2.19. The van der Waals surface area contributed by atoms with Crippen LogP contribution in [0.25, 0.3) is 0 Å². The van der Waals surface area contributed by atoms with Crippen LogP contribution in [-0.2, 0) is 32.7 Å². The number of rotatable bonds is 67. The van der Waals surface area contributed by atoms with Crippen LogP contribution in [0.5, 0.6) is 0 Å². The van der Waals surface area contributed by atoms with E-state index < -0.39 is 26.5 Å². The molecule has 3 N–H and O–H groups in total. The summed E-state index contributed by atoms with van der Waals surface area (Å²) in [5, 5.41) is 0. The molecule has 9 nitrogen and oxygen atoms in total. The molecule has 0 aliphatic rings. The highest BCUT2D eigenvalue weighted by atomic mass is 31.2. The summed E-state index contributed by atoms with van der Waals surface area (Å²) in [4.78, 5) is 35.4. The van der Waals surface area contributed by atoms with Gasteiger partial charge in [-0.1, -0.05) is 324 Å². The number of carbonyl (C=O) groups excluding carboxylic acids is 2. The molecule has 0 saturated carbocycles. The van der Waals surface area contributed by atoms with Gasteiger partial charge in [0, 0.05) is 19.4 Å².